The van der Waals surface area contributed by atoms with E-state index in [2.05, 4.69) is 11.1 Å². The van der Waals surface area contributed by atoms with Crippen LogP contribution in [-0.2, 0) is 0 Å². The molecular formula is C9H7N3. The number of anilines is 1. The molecule has 0 atom stereocenters. The van der Waals surface area contributed by atoms with E-state index in [4.69, 9.17) is 11.0 Å². The van der Waals surface area contributed by atoms with Crippen LogP contribution < -0.4 is 5.73 Å². The van der Waals surface area contributed by atoms with Crippen molar-refractivity contribution in [2.45, 2.75) is 0 Å². The van der Waals surface area contributed by atoms with Crippen molar-refractivity contribution in [2.24, 2.45) is 0 Å². The van der Waals surface area contributed by atoms with Gasteiger partial charge in [-0.2, -0.15) is 5.26 Å². The normalized spacial score (nSPS) is 9.92. The fraction of sp³-hybridized carbons (Fsp3) is 0. The van der Waals surface area contributed by atoms with E-state index in [1.807, 2.05) is 12.1 Å². The first kappa shape index (κ1) is 6.74. The predicted molar refractivity (Wildman–Crippen MR) is 47.4 cm³/mol. The number of H-pyrrole nitrogens is 1. The zero-order valence-corrected chi connectivity index (χ0v) is 6.33. The molecule has 2 aromatic rings. The van der Waals surface area contributed by atoms with Crippen molar-refractivity contribution in [2.75, 3.05) is 5.73 Å². The largest absolute Gasteiger partial charge is 0.398 e. The molecule has 0 saturated heterocycles. The van der Waals surface area contributed by atoms with Gasteiger partial charge in [-0.15, -0.1) is 0 Å². The number of nitriles is 1. The van der Waals surface area contributed by atoms with Crippen molar-refractivity contribution in [3.05, 3.63) is 30.0 Å². The van der Waals surface area contributed by atoms with Crippen LogP contribution in [0.3, 0.4) is 0 Å². The zero-order valence-electron chi connectivity index (χ0n) is 6.33. The molecule has 3 nitrogen and oxygen atoms in total. The summed E-state index contributed by atoms with van der Waals surface area (Å²) in [6.07, 6.45) is 1.80. The highest BCUT2D eigenvalue weighted by molar-refractivity contribution is 5.90. The Balaban J connectivity index is 2.94. The van der Waals surface area contributed by atoms with E-state index < -0.39 is 0 Å². The molecule has 0 aliphatic rings. The Morgan fingerprint density at radius 2 is 2.17 bits per heavy atom. The third-order valence-electron chi connectivity index (χ3n) is 1.88. The highest BCUT2D eigenvalue weighted by Crippen LogP contribution is 2.21. The lowest BCUT2D eigenvalue weighted by Gasteiger charge is -1.97. The summed E-state index contributed by atoms with van der Waals surface area (Å²) < 4.78 is 0. The Bertz CT molecular complexity index is 462. The van der Waals surface area contributed by atoms with Gasteiger partial charge in [0.2, 0.25) is 0 Å². The number of hydrogen-bond donors (Lipinski definition) is 2. The third kappa shape index (κ3) is 0.753. The van der Waals surface area contributed by atoms with E-state index in [1.54, 1.807) is 12.3 Å². The molecule has 0 saturated carbocycles. The van der Waals surface area contributed by atoms with E-state index >= 15 is 0 Å². The number of aromatic amines is 1. The minimum atomic E-state index is 0.532. The van der Waals surface area contributed by atoms with Gasteiger partial charge >= 0.3 is 0 Å². The number of aromatic nitrogens is 1. The van der Waals surface area contributed by atoms with Crippen LogP contribution in [0.4, 0.5) is 5.69 Å². The van der Waals surface area contributed by atoms with Gasteiger partial charge in [-0.3, -0.25) is 0 Å². The first-order chi connectivity index (χ1) is 5.83. The number of nitrogens with one attached hydrogen (secondary N) is 1. The Morgan fingerprint density at radius 3 is 2.92 bits per heavy atom. The van der Waals surface area contributed by atoms with Gasteiger partial charge in [-0.05, 0) is 18.2 Å². The molecule has 0 spiro atoms. The van der Waals surface area contributed by atoms with Crippen LogP contribution in [0.15, 0.2) is 24.4 Å². The summed E-state index contributed by atoms with van der Waals surface area (Å²) in [5, 5.41) is 9.68. The molecule has 1 aromatic heterocycles. The van der Waals surface area contributed by atoms with Crippen LogP contribution >= 0.6 is 0 Å². The molecule has 0 bridgehead atoms. The number of benzene rings is 1. The molecule has 1 aromatic carbocycles. The van der Waals surface area contributed by atoms with Gasteiger partial charge in [0.1, 0.15) is 6.07 Å². The van der Waals surface area contributed by atoms with Gasteiger partial charge in [0.15, 0.2) is 0 Å². The molecular weight excluding hydrogens is 150 g/mol. The van der Waals surface area contributed by atoms with E-state index in [0.29, 0.717) is 11.3 Å². The third-order valence-corrected chi connectivity index (χ3v) is 1.88. The van der Waals surface area contributed by atoms with Crippen LogP contribution in [0.2, 0.25) is 0 Å². The highest BCUT2D eigenvalue weighted by atomic mass is 14.7. The maximum Gasteiger partial charge on any atom is 0.102 e. The molecule has 3 heteroatoms. The molecule has 3 N–H and O–H groups in total. The monoisotopic (exact) mass is 157 g/mol. The number of nitrogens with zero attached hydrogens (tertiary/aromatic N) is 1. The van der Waals surface area contributed by atoms with Crippen LogP contribution in [0.25, 0.3) is 10.9 Å². The first-order valence-electron chi connectivity index (χ1n) is 3.58. The molecule has 0 fully saturated rings. The lowest BCUT2D eigenvalue weighted by Crippen LogP contribution is -1.89. The second-order valence-electron chi connectivity index (χ2n) is 2.58. The minimum absolute atomic E-state index is 0.532. The topological polar surface area (TPSA) is 65.6 Å². The average molecular weight is 157 g/mol. The van der Waals surface area contributed by atoms with Crippen molar-refractivity contribution in [3.8, 4) is 6.07 Å². The lowest BCUT2D eigenvalue weighted by molar-refractivity contribution is 1.47. The Morgan fingerprint density at radius 1 is 1.33 bits per heavy atom. The molecule has 0 unspecified atom stereocenters. The molecule has 0 aliphatic carbocycles. The van der Waals surface area contributed by atoms with Crippen molar-refractivity contribution in [1.82, 2.24) is 4.98 Å². The second-order valence-corrected chi connectivity index (χ2v) is 2.58. The number of hydrogen-bond acceptors (Lipinski definition) is 2. The van der Waals surface area contributed by atoms with Crippen LogP contribution in [0.5, 0.6) is 0 Å². The number of fused-ring (bicyclic) bond motifs is 1. The summed E-state index contributed by atoms with van der Waals surface area (Å²) in [7, 11) is 0. The maximum atomic E-state index is 8.79. The summed E-state index contributed by atoms with van der Waals surface area (Å²) in [4.78, 5) is 3.01. The molecule has 1 heterocycles. The summed E-state index contributed by atoms with van der Waals surface area (Å²) in [5.41, 5.74) is 7.65. The van der Waals surface area contributed by atoms with Gasteiger partial charge in [0.25, 0.3) is 0 Å². The number of nitrogens with two attached hydrogens (primary N) is 1. The molecule has 2 rings (SSSR count). The van der Waals surface area contributed by atoms with Gasteiger partial charge in [0.05, 0.1) is 11.3 Å². The highest BCUT2D eigenvalue weighted by Gasteiger charge is 2.03. The molecule has 12 heavy (non-hydrogen) atoms. The minimum Gasteiger partial charge on any atom is -0.398 e. The first-order valence-corrected chi connectivity index (χ1v) is 3.58. The van der Waals surface area contributed by atoms with E-state index in [9.17, 15) is 0 Å². The molecule has 58 valence electrons. The van der Waals surface area contributed by atoms with Crippen molar-refractivity contribution in [3.63, 3.8) is 0 Å². The Labute approximate surface area is 69.4 Å². The number of rotatable bonds is 0. The van der Waals surface area contributed by atoms with E-state index in [-0.39, 0.29) is 0 Å². The summed E-state index contributed by atoms with van der Waals surface area (Å²) >= 11 is 0. The van der Waals surface area contributed by atoms with E-state index in [0.717, 1.165) is 10.9 Å². The smallest absolute Gasteiger partial charge is 0.102 e. The molecule has 0 radical (unpaired) electrons. The zero-order chi connectivity index (χ0) is 8.55. The van der Waals surface area contributed by atoms with Crippen molar-refractivity contribution < 1.29 is 0 Å². The van der Waals surface area contributed by atoms with Gasteiger partial charge in [-0.1, -0.05) is 0 Å². The average Bonchev–Trinajstić information content (AvgIpc) is 2.52. The summed E-state index contributed by atoms with van der Waals surface area (Å²) in [5.74, 6) is 0. The fourth-order valence-electron chi connectivity index (χ4n) is 1.27. The van der Waals surface area contributed by atoms with E-state index in [1.165, 1.54) is 0 Å². The quantitative estimate of drug-likeness (QED) is 0.570. The lowest BCUT2D eigenvalue weighted by atomic mass is 10.1. The standard InChI is InChI=1S/C9H7N3/c10-5-7-6-3-4-12-9(6)2-1-8(7)11/h1-4,12H,11H2. The van der Waals surface area contributed by atoms with Crippen molar-refractivity contribution in [1.29, 1.82) is 5.26 Å². The fourth-order valence-corrected chi connectivity index (χ4v) is 1.27. The maximum absolute atomic E-state index is 8.79. The Hall–Kier alpha value is -1.95. The summed E-state index contributed by atoms with van der Waals surface area (Å²) in [6, 6.07) is 7.53. The predicted octanol–water partition coefficient (Wildman–Crippen LogP) is 1.62. The summed E-state index contributed by atoms with van der Waals surface area (Å²) in [6.45, 7) is 0. The SMILES string of the molecule is N#Cc1c(N)ccc2[nH]ccc12. The van der Waals surface area contributed by atoms with Gasteiger partial charge < -0.3 is 10.7 Å². The van der Waals surface area contributed by atoms with Crippen LogP contribution in [-0.4, -0.2) is 4.98 Å². The van der Waals surface area contributed by atoms with Crippen LogP contribution in [0, 0.1) is 11.3 Å². The van der Waals surface area contributed by atoms with Gasteiger partial charge in [0, 0.05) is 17.1 Å². The Kier molecular flexibility index (Phi) is 1.28. The molecule has 0 amide bonds. The molecule has 0 aliphatic heterocycles. The van der Waals surface area contributed by atoms with Crippen molar-refractivity contribution >= 4 is 16.6 Å². The van der Waals surface area contributed by atoms with Gasteiger partial charge in [-0.25, -0.2) is 0 Å². The van der Waals surface area contributed by atoms with Crippen LogP contribution in [0.1, 0.15) is 5.56 Å². The second kappa shape index (κ2) is 2.28. The number of nitrogen functional groups attached to an aromatic ring is 1.